The van der Waals surface area contributed by atoms with Gasteiger partial charge in [-0.25, -0.2) is 0 Å². The maximum absolute atomic E-state index is 6.92. The monoisotopic (exact) mass is 742 g/mol. The Kier molecular flexibility index (Phi) is 17.4. The molecular weight excluding hydrogens is 688 g/mol. The van der Waals surface area contributed by atoms with Crippen LogP contribution in [0.25, 0.3) is 0 Å². The molecule has 1 aliphatic carbocycles. The summed E-state index contributed by atoms with van der Waals surface area (Å²) in [5.41, 5.74) is 4.12. The van der Waals surface area contributed by atoms with Crippen molar-refractivity contribution in [3.63, 3.8) is 0 Å². The van der Waals surface area contributed by atoms with Gasteiger partial charge >= 0.3 is 0 Å². The van der Waals surface area contributed by atoms with Gasteiger partial charge in [0.25, 0.3) is 0 Å². The van der Waals surface area contributed by atoms with Gasteiger partial charge in [-0.15, -0.1) is 0 Å². The van der Waals surface area contributed by atoms with E-state index in [1.165, 1.54) is 0 Å². The molecular formula is C44H54O10. The van der Waals surface area contributed by atoms with Crippen molar-refractivity contribution in [1.29, 1.82) is 0 Å². The Morgan fingerprint density at radius 3 is 0.833 bits per heavy atom. The highest BCUT2D eigenvalue weighted by molar-refractivity contribution is 5.17. The predicted molar refractivity (Wildman–Crippen MR) is 203 cm³/mol. The van der Waals surface area contributed by atoms with Crippen LogP contribution in [0.3, 0.4) is 0 Å². The Hall–Kier alpha value is -3.52. The molecule has 6 rings (SSSR count). The molecule has 2 aliphatic rings. The minimum absolute atomic E-state index is 0.293. The average molecular weight is 743 g/mol. The molecule has 0 N–H and O–H groups in total. The van der Waals surface area contributed by atoms with Gasteiger partial charge in [0.15, 0.2) is 0 Å². The van der Waals surface area contributed by atoms with Crippen LogP contribution in [-0.2, 0) is 73.8 Å². The number of hydrogen-bond donors (Lipinski definition) is 0. The van der Waals surface area contributed by atoms with Crippen molar-refractivity contribution in [2.24, 2.45) is 0 Å². The summed E-state index contributed by atoms with van der Waals surface area (Å²) in [6.07, 6.45) is -3.67. The normalized spacial score (nSPS) is 25.2. The molecule has 1 saturated carbocycles. The minimum Gasteiger partial charge on any atom is -0.377 e. The number of benzene rings is 4. The van der Waals surface area contributed by atoms with E-state index in [1.807, 2.05) is 97.1 Å². The highest BCUT2D eigenvalue weighted by Crippen LogP contribution is 2.36. The molecule has 0 radical (unpaired) electrons. The number of rotatable bonds is 12. The van der Waals surface area contributed by atoms with E-state index in [0.29, 0.717) is 92.5 Å². The van der Waals surface area contributed by atoms with E-state index in [9.17, 15) is 0 Å². The lowest BCUT2D eigenvalue weighted by Gasteiger charge is -2.49. The molecule has 10 heteroatoms. The summed E-state index contributed by atoms with van der Waals surface area (Å²) in [6.45, 7) is 5.43. The highest BCUT2D eigenvalue weighted by atomic mass is 16.6. The molecule has 4 aromatic rings. The SMILES string of the molecule is c1ccc(CO[C@@H]2[C@@H](OCc3ccccc3)[C@H](OCc3ccccc3)[C@H]3OCCOCCOCCOCCOCCO[C@H]3[C@H]2OCc2ccccc2)cc1. The fourth-order valence-electron chi connectivity index (χ4n) is 6.57. The summed E-state index contributed by atoms with van der Waals surface area (Å²) in [6, 6.07) is 40.5. The molecule has 1 aliphatic heterocycles. The van der Waals surface area contributed by atoms with Gasteiger partial charge in [0.2, 0.25) is 0 Å². The molecule has 4 aromatic carbocycles. The van der Waals surface area contributed by atoms with Crippen molar-refractivity contribution in [3.05, 3.63) is 144 Å². The Morgan fingerprint density at radius 1 is 0.315 bits per heavy atom. The fourth-order valence-corrected chi connectivity index (χ4v) is 6.57. The lowest BCUT2D eigenvalue weighted by atomic mass is 9.83. The van der Waals surface area contributed by atoms with Gasteiger partial charge in [-0.05, 0) is 22.3 Å². The average Bonchev–Trinajstić information content (AvgIpc) is 3.22. The third-order valence-electron chi connectivity index (χ3n) is 9.28. The van der Waals surface area contributed by atoms with Crippen LogP contribution in [0.4, 0.5) is 0 Å². The summed E-state index contributed by atoms with van der Waals surface area (Å²) >= 11 is 0. The first-order valence-electron chi connectivity index (χ1n) is 19.0. The zero-order valence-corrected chi connectivity index (χ0v) is 31.0. The first-order valence-corrected chi connectivity index (χ1v) is 19.0. The molecule has 0 unspecified atom stereocenters. The molecule has 2 fully saturated rings. The van der Waals surface area contributed by atoms with E-state index >= 15 is 0 Å². The van der Waals surface area contributed by atoms with Crippen LogP contribution in [-0.4, -0.2) is 103 Å². The van der Waals surface area contributed by atoms with E-state index < -0.39 is 36.6 Å². The van der Waals surface area contributed by atoms with Gasteiger partial charge < -0.3 is 47.4 Å². The zero-order chi connectivity index (χ0) is 36.9. The number of ether oxygens (including phenoxy) is 10. The molecule has 0 bridgehead atoms. The van der Waals surface area contributed by atoms with Crippen molar-refractivity contribution in [2.75, 3.05) is 66.1 Å². The van der Waals surface area contributed by atoms with E-state index in [4.69, 9.17) is 47.4 Å². The van der Waals surface area contributed by atoms with Gasteiger partial charge in [0.05, 0.1) is 92.5 Å². The van der Waals surface area contributed by atoms with Crippen LogP contribution < -0.4 is 0 Å². The van der Waals surface area contributed by atoms with Crippen LogP contribution in [0.15, 0.2) is 121 Å². The largest absolute Gasteiger partial charge is 0.377 e. The van der Waals surface area contributed by atoms with Gasteiger partial charge in [0.1, 0.15) is 36.6 Å². The highest BCUT2D eigenvalue weighted by Gasteiger charge is 2.55. The lowest BCUT2D eigenvalue weighted by Crippen LogP contribution is -2.67. The first kappa shape index (κ1) is 40.2. The van der Waals surface area contributed by atoms with Crippen molar-refractivity contribution >= 4 is 0 Å². The number of hydrogen-bond acceptors (Lipinski definition) is 10. The van der Waals surface area contributed by atoms with Gasteiger partial charge in [-0.2, -0.15) is 0 Å². The molecule has 10 nitrogen and oxygen atoms in total. The predicted octanol–water partition coefficient (Wildman–Crippen LogP) is 6.19. The lowest BCUT2D eigenvalue weighted by molar-refractivity contribution is -0.290. The Balaban J connectivity index is 1.35. The van der Waals surface area contributed by atoms with Crippen molar-refractivity contribution in [2.45, 2.75) is 63.1 Å². The molecule has 54 heavy (non-hydrogen) atoms. The van der Waals surface area contributed by atoms with Crippen LogP contribution in [0.5, 0.6) is 0 Å². The topological polar surface area (TPSA) is 92.3 Å². The zero-order valence-electron chi connectivity index (χ0n) is 31.0. The Bertz CT molecular complexity index is 1410. The Morgan fingerprint density at radius 2 is 0.556 bits per heavy atom. The maximum atomic E-state index is 6.92. The minimum atomic E-state index is -0.617. The van der Waals surface area contributed by atoms with Crippen molar-refractivity contribution in [1.82, 2.24) is 0 Å². The second kappa shape index (κ2) is 23.4. The number of fused-ring (bicyclic) bond motifs is 1. The second-order valence-corrected chi connectivity index (χ2v) is 13.2. The summed E-state index contributed by atoms with van der Waals surface area (Å²) < 4.78 is 64.3. The third kappa shape index (κ3) is 13.1. The quantitative estimate of drug-likeness (QED) is 0.167. The molecule has 1 heterocycles. The molecule has 0 spiro atoms. The van der Waals surface area contributed by atoms with Crippen LogP contribution in [0.2, 0.25) is 0 Å². The van der Waals surface area contributed by atoms with Crippen LogP contribution >= 0.6 is 0 Å². The molecule has 0 aromatic heterocycles. The molecule has 6 atom stereocenters. The van der Waals surface area contributed by atoms with E-state index in [2.05, 4.69) is 24.3 Å². The fraction of sp³-hybridized carbons (Fsp3) is 0.455. The second-order valence-electron chi connectivity index (χ2n) is 13.2. The van der Waals surface area contributed by atoms with Crippen LogP contribution in [0, 0.1) is 0 Å². The Labute approximate surface area is 319 Å². The van der Waals surface area contributed by atoms with Gasteiger partial charge in [-0.3, -0.25) is 0 Å². The summed E-state index contributed by atoms with van der Waals surface area (Å²) in [5, 5.41) is 0. The first-order chi connectivity index (χ1) is 26.8. The van der Waals surface area contributed by atoms with Gasteiger partial charge in [0, 0.05) is 0 Å². The van der Waals surface area contributed by atoms with Crippen LogP contribution in [0.1, 0.15) is 22.3 Å². The van der Waals surface area contributed by atoms with Crippen molar-refractivity contribution in [3.8, 4) is 0 Å². The van der Waals surface area contributed by atoms with E-state index in [-0.39, 0.29) is 0 Å². The standard InChI is InChI=1S/C44H54O10/c1-5-13-35(14-6-1)31-51-41-39-40(50-30-28-48-26-24-46-22-21-45-23-25-47-27-29-49-39)42(52-32-36-15-7-2-8-16-36)44(54-34-38-19-11-4-12-20-38)43(41)53-33-37-17-9-3-10-18-37/h1-20,39-44H,21-34H2/t39-,40+,41-,42-,43+,44+/m1/s1. The third-order valence-corrected chi connectivity index (χ3v) is 9.28. The summed E-state index contributed by atoms with van der Waals surface area (Å²) in [4.78, 5) is 0. The summed E-state index contributed by atoms with van der Waals surface area (Å²) in [5.74, 6) is 0. The molecule has 0 amide bonds. The molecule has 1 saturated heterocycles. The maximum Gasteiger partial charge on any atom is 0.116 e. The summed E-state index contributed by atoms with van der Waals surface area (Å²) in [7, 11) is 0. The molecule has 290 valence electrons. The van der Waals surface area contributed by atoms with E-state index in [1.54, 1.807) is 0 Å². The smallest absolute Gasteiger partial charge is 0.116 e. The van der Waals surface area contributed by atoms with E-state index in [0.717, 1.165) is 22.3 Å². The van der Waals surface area contributed by atoms with Crippen molar-refractivity contribution < 1.29 is 47.4 Å². The van der Waals surface area contributed by atoms with Gasteiger partial charge in [-0.1, -0.05) is 121 Å².